The molecule has 2 heterocycles. The topological polar surface area (TPSA) is 42.0 Å². The van der Waals surface area contributed by atoms with E-state index in [1.807, 2.05) is 0 Å². The van der Waals surface area contributed by atoms with Crippen LogP contribution >= 0.6 is 0 Å². The van der Waals surface area contributed by atoms with E-state index in [2.05, 4.69) is 0 Å². The zero-order chi connectivity index (χ0) is 13.8. The quantitative estimate of drug-likeness (QED) is 0.675. The first-order valence-corrected chi connectivity index (χ1v) is 4.56. The van der Waals surface area contributed by atoms with Crippen molar-refractivity contribution in [1.29, 1.82) is 0 Å². The monoisotopic (exact) mass is 191 g/mol. The highest BCUT2D eigenvalue weighted by atomic mass is 16.6. The highest BCUT2D eigenvalue weighted by molar-refractivity contribution is 4.97. The molecule has 2 saturated heterocycles. The summed E-state index contributed by atoms with van der Waals surface area (Å²) in [6, 6.07) is 0. The molecule has 1 N–H and O–H groups in total. The van der Waals surface area contributed by atoms with Gasteiger partial charge in [-0.2, -0.15) is 0 Å². The van der Waals surface area contributed by atoms with Crippen LogP contribution in [-0.2, 0) is 9.47 Å². The molecule has 0 aromatic rings. The Morgan fingerprint density at radius 2 is 2.62 bits per heavy atom. The lowest BCUT2D eigenvalue weighted by Crippen LogP contribution is -2.33. The van der Waals surface area contributed by atoms with Crippen LogP contribution < -0.4 is 0 Å². The van der Waals surface area contributed by atoms with Gasteiger partial charge in [-0.25, -0.2) is 0 Å². The van der Waals surface area contributed by atoms with E-state index in [0.717, 1.165) is 0 Å². The molecular formula is C10H18O3. The molecular weight excluding hydrogens is 168 g/mol. The van der Waals surface area contributed by atoms with Crippen LogP contribution in [0.3, 0.4) is 0 Å². The minimum Gasteiger partial charge on any atom is -0.396 e. The number of ether oxygens (including phenoxy) is 2. The minimum atomic E-state index is -2.60. The summed E-state index contributed by atoms with van der Waals surface area (Å²) in [5.41, 5.74) is -1.91. The van der Waals surface area contributed by atoms with Crippen LogP contribution in [0, 0.1) is 5.92 Å². The third-order valence-corrected chi connectivity index (χ3v) is 2.61. The maximum Gasteiger partial charge on any atom is 0.110 e. The van der Waals surface area contributed by atoms with Gasteiger partial charge in [0.1, 0.15) is 6.10 Å². The average molecular weight is 191 g/mol. The van der Waals surface area contributed by atoms with Crippen molar-refractivity contribution < 1.29 is 21.4 Å². The van der Waals surface area contributed by atoms with Crippen LogP contribution in [0.2, 0.25) is 0 Å². The predicted molar refractivity (Wildman–Crippen MR) is 48.5 cm³/mol. The lowest BCUT2D eigenvalue weighted by atomic mass is 9.97. The highest BCUT2D eigenvalue weighted by Crippen LogP contribution is 2.41. The van der Waals surface area contributed by atoms with Crippen molar-refractivity contribution >= 4 is 0 Å². The first-order chi connectivity index (χ1) is 8.15. The number of aliphatic hydroxyl groups excluding tert-OH is 1. The molecule has 1 unspecified atom stereocenters. The SMILES string of the molecule is [2H]C([2H])([2H])[C@@]1(C2CO2)O[C@@H]([C@@H](C)CO)CC1([2H])[2H]. The smallest absolute Gasteiger partial charge is 0.110 e. The maximum absolute atomic E-state index is 9.12. The molecule has 0 amide bonds. The maximum atomic E-state index is 9.12. The summed E-state index contributed by atoms with van der Waals surface area (Å²) in [7, 11) is 0. The molecule has 3 nitrogen and oxygen atoms in total. The van der Waals surface area contributed by atoms with Gasteiger partial charge in [0.15, 0.2) is 0 Å². The van der Waals surface area contributed by atoms with Crippen molar-refractivity contribution in [1.82, 2.24) is 0 Å². The van der Waals surface area contributed by atoms with Crippen molar-refractivity contribution in [3.05, 3.63) is 0 Å². The first kappa shape index (κ1) is 5.10. The van der Waals surface area contributed by atoms with Gasteiger partial charge in [-0.3, -0.25) is 0 Å². The molecule has 0 aromatic heterocycles. The first-order valence-electron chi connectivity index (χ1n) is 7.06. The molecule has 4 atom stereocenters. The van der Waals surface area contributed by atoms with Gasteiger partial charge in [0.05, 0.1) is 18.3 Å². The van der Waals surface area contributed by atoms with E-state index in [-0.39, 0.29) is 25.6 Å². The molecule has 2 aliphatic rings. The fraction of sp³-hybridized carbons (Fsp3) is 1.00. The van der Waals surface area contributed by atoms with Crippen LogP contribution in [0.15, 0.2) is 0 Å². The standard InChI is InChI=1S/C10H18O3/c1-7(5-11)8-3-4-10(2,13-8)9-6-12-9/h7-9,11H,3-6H2,1-2H3/t7-,8+,9?,10+/m0/s1/i2D3,4D2. The number of hydrogen-bond acceptors (Lipinski definition) is 3. The summed E-state index contributed by atoms with van der Waals surface area (Å²) >= 11 is 0. The van der Waals surface area contributed by atoms with Gasteiger partial charge < -0.3 is 14.6 Å². The highest BCUT2D eigenvalue weighted by Gasteiger charge is 2.49. The van der Waals surface area contributed by atoms with E-state index >= 15 is 0 Å². The van der Waals surface area contributed by atoms with Gasteiger partial charge in [0.2, 0.25) is 0 Å². The van der Waals surface area contributed by atoms with Crippen molar-refractivity contribution in [2.75, 3.05) is 13.2 Å². The minimum absolute atomic E-state index is 0.0347. The molecule has 0 aliphatic carbocycles. The Morgan fingerprint density at radius 1 is 1.85 bits per heavy atom. The third kappa shape index (κ3) is 1.73. The van der Waals surface area contributed by atoms with Crippen molar-refractivity contribution in [3.63, 3.8) is 0 Å². The Balaban J connectivity index is 2.34. The fourth-order valence-electron chi connectivity index (χ4n) is 1.48. The fourth-order valence-corrected chi connectivity index (χ4v) is 1.48. The Hall–Kier alpha value is -0.120. The Kier molecular flexibility index (Phi) is 1.27. The van der Waals surface area contributed by atoms with Gasteiger partial charge in [0.25, 0.3) is 0 Å². The van der Waals surface area contributed by atoms with Crippen molar-refractivity contribution in [3.8, 4) is 0 Å². The summed E-state index contributed by atoms with van der Waals surface area (Å²) in [6.45, 7) is -0.840. The molecule has 76 valence electrons. The second kappa shape index (κ2) is 3.23. The van der Waals surface area contributed by atoms with E-state index in [9.17, 15) is 0 Å². The molecule has 2 aliphatic heterocycles. The summed E-state index contributed by atoms with van der Waals surface area (Å²) in [5, 5.41) is 9.12. The second-order valence-corrected chi connectivity index (χ2v) is 3.75. The van der Waals surface area contributed by atoms with Gasteiger partial charge in [-0.05, 0) is 19.6 Å². The molecule has 0 radical (unpaired) electrons. The van der Waals surface area contributed by atoms with Crippen molar-refractivity contribution in [2.45, 2.75) is 44.4 Å². The van der Waals surface area contributed by atoms with Crippen molar-refractivity contribution in [2.24, 2.45) is 5.92 Å². The molecule has 0 saturated carbocycles. The van der Waals surface area contributed by atoms with E-state index in [1.54, 1.807) is 6.92 Å². The number of epoxide rings is 1. The van der Waals surface area contributed by atoms with Gasteiger partial charge in [-0.1, -0.05) is 6.92 Å². The molecule has 0 spiro atoms. The Bertz CT molecular complexity index is 328. The molecule has 0 bridgehead atoms. The second-order valence-electron chi connectivity index (χ2n) is 3.75. The summed E-state index contributed by atoms with van der Waals surface area (Å²) in [4.78, 5) is 0. The number of rotatable bonds is 3. The zero-order valence-electron chi connectivity index (χ0n) is 12.6. The number of hydrogen-bond donors (Lipinski definition) is 1. The molecule has 0 aromatic carbocycles. The Labute approximate surface area is 86.1 Å². The van der Waals surface area contributed by atoms with Crippen LogP contribution in [0.5, 0.6) is 0 Å². The van der Waals surface area contributed by atoms with E-state index in [1.165, 1.54) is 0 Å². The lowest BCUT2D eigenvalue weighted by molar-refractivity contribution is -0.0699. The third-order valence-electron chi connectivity index (χ3n) is 2.61. The number of aliphatic hydroxyl groups is 1. The zero-order valence-corrected chi connectivity index (χ0v) is 7.62. The largest absolute Gasteiger partial charge is 0.396 e. The van der Waals surface area contributed by atoms with E-state index < -0.39 is 31.0 Å². The molecule has 2 rings (SSSR count). The van der Waals surface area contributed by atoms with E-state index in [0.29, 0.717) is 0 Å². The normalized spacial score (nSPS) is 56.9. The lowest BCUT2D eigenvalue weighted by Gasteiger charge is -2.24. The van der Waals surface area contributed by atoms with Crippen LogP contribution in [0.4, 0.5) is 0 Å². The summed E-state index contributed by atoms with van der Waals surface area (Å²) < 4.78 is 49.5. The van der Waals surface area contributed by atoms with Gasteiger partial charge in [-0.15, -0.1) is 0 Å². The van der Waals surface area contributed by atoms with Gasteiger partial charge in [0, 0.05) is 19.4 Å². The van der Waals surface area contributed by atoms with Crippen LogP contribution in [0.25, 0.3) is 0 Å². The molecule has 2 fully saturated rings. The molecule has 13 heavy (non-hydrogen) atoms. The van der Waals surface area contributed by atoms with Crippen LogP contribution in [0.1, 0.15) is 33.4 Å². The van der Waals surface area contributed by atoms with E-state index in [4.69, 9.17) is 21.4 Å². The predicted octanol–water partition coefficient (Wildman–Crippen LogP) is 0.951. The Morgan fingerprint density at radius 3 is 3.15 bits per heavy atom. The van der Waals surface area contributed by atoms with Gasteiger partial charge >= 0.3 is 0 Å². The summed E-state index contributed by atoms with van der Waals surface area (Å²) in [6.07, 6.45) is -3.36. The molecule has 3 heteroatoms. The van der Waals surface area contributed by atoms with Crippen LogP contribution in [-0.4, -0.2) is 36.1 Å². The average Bonchev–Trinajstić information content (AvgIpc) is 3.00. The summed E-state index contributed by atoms with van der Waals surface area (Å²) in [5.74, 6) is -0.303.